The first kappa shape index (κ1) is 11.9. The Morgan fingerprint density at radius 1 is 1.21 bits per heavy atom. The lowest BCUT2D eigenvalue weighted by molar-refractivity contribution is 0.456. The number of hydrogen-bond acceptors (Lipinski definition) is 3. The monoisotopic (exact) mass is 281 g/mol. The van der Waals surface area contributed by atoms with E-state index < -0.39 is 10.0 Å². The van der Waals surface area contributed by atoms with E-state index in [4.69, 9.17) is 0 Å². The molecule has 4 unspecified atom stereocenters. The molecular formula is C13H19N3O2S. The van der Waals surface area contributed by atoms with Crippen LogP contribution in [0.5, 0.6) is 0 Å². The molecule has 0 saturated heterocycles. The molecule has 3 saturated carbocycles. The van der Waals surface area contributed by atoms with Gasteiger partial charge in [0.2, 0.25) is 10.0 Å². The Morgan fingerprint density at radius 2 is 1.84 bits per heavy atom. The van der Waals surface area contributed by atoms with Gasteiger partial charge in [0.1, 0.15) is 4.90 Å². The minimum Gasteiger partial charge on any atom is -0.281 e. The third-order valence-corrected chi connectivity index (χ3v) is 7.08. The Morgan fingerprint density at radius 3 is 2.37 bits per heavy atom. The fourth-order valence-electron chi connectivity index (χ4n) is 4.66. The number of aryl methyl sites for hydroxylation is 2. The molecule has 4 atom stereocenters. The van der Waals surface area contributed by atoms with Gasteiger partial charge < -0.3 is 0 Å². The lowest BCUT2D eigenvalue weighted by Crippen LogP contribution is -2.30. The van der Waals surface area contributed by atoms with Crippen molar-refractivity contribution in [2.75, 3.05) is 0 Å². The van der Waals surface area contributed by atoms with E-state index in [1.165, 1.54) is 19.3 Å². The number of hydrogen-bond donors (Lipinski definition) is 2. The van der Waals surface area contributed by atoms with Crippen LogP contribution in [0.4, 0.5) is 0 Å². The van der Waals surface area contributed by atoms with Crippen molar-refractivity contribution < 1.29 is 8.42 Å². The van der Waals surface area contributed by atoms with E-state index in [-0.39, 0.29) is 6.04 Å². The molecule has 1 heterocycles. The highest BCUT2D eigenvalue weighted by atomic mass is 32.2. The van der Waals surface area contributed by atoms with Crippen molar-refractivity contribution in [1.29, 1.82) is 0 Å². The molecule has 1 aromatic rings. The Bertz CT molecular complexity index is 601. The highest BCUT2D eigenvalue weighted by Crippen LogP contribution is 2.65. The SMILES string of the molecule is Cc1n[nH]c(C)c1S(=O)(=O)NC1C2C3CCC(C3)C12. The van der Waals surface area contributed by atoms with Crippen LogP contribution in [0.1, 0.15) is 30.7 Å². The summed E-state index contributed by atoms with van der Waals surface area (Å²) < 4.78 is 27.9. The van der Waals surface area contributed by atoms with Crippen molar-refractivity contribution in [3.05, 3.63) is 11.4 Å². The largest absolute Gasteiger partial charge is 0.281 e. The number of rotatable bonds is 3. The molecule has 4 rings (SSSR count). The van der Waals surface area contributed by atoms with E-state index in [1.54, 1.807) is 13.8 Å². The first-order valence-corrected chi connectivity index (χ1v) is 8.51. The van der Waals surface area contributed by atoms with Crippen LogP contribution >= 0.6 is 0 Å². The summed E-state index contributed by atoms with van der Waals surface area (Å²) in [6.07, 6.45) is 3.93. The van der Waals surface area contributed by atoms with E-state index in [9.17, 15) is 8.42 Å². The third-order valence-electron chi connectivity index (χ3n) is 5.36. The topological polar surface area (TPSA) is 74.8 Å². The summed E-state index contributed by atoms with van der Waals surface area (Å²) in [6, 6.07) is 0.185. The molecule has 0 amide bonds. The van der Waals surface area contributed by atoms with Crippen molar-refractivity contribution in [2.45, 2.75) is 44.0 Å². The van der Waals surface area contributed by atoms with Crippen LogP contribution in [0, 0.1) is 37.5 Å². The number of fused-ring (bicyclic) bond motifs is 5. The van der Waals surface area contributed by atoms with Crippen LogP contribution < -0.4 is 4.72 Å². The van der Waals surface area contributed by atoms with Crippen LogP contribution in [0.25, 0.3) is 0 Å². The van der Waals surface area contributed by atoms with E-state index in [0.29, 0.717) is 28.1 Å². The molecule has 0 aliphatic heterocycles. The van der Waals surface area contributed by atoms with Crippen molar-refractivity contribution in [1.82, 2.24) is 14.9 Å². The van der Waals surface area contributed by atoms with Crippen molar-refractivity contribution in [3.8, 4) is 0 Å². The highest BCUT2D eigenvalue weighted by molar-refractivity contribution is 7.89. The minimum absolute atomic E-state index is 0.185. The Labute approximate surface area is 113 Å². The van der Waals surface area contributed by atoms with Gasteiger partial charge in [0, 0.05) is 6.04 Å². The van der Waals surface area contributed by atoms with Crippen LogP contribution in [0.3, 0.4) is 0 Å². The average Bonchev–Trinajstić information content (AvgIpc) is 2.71. The zero-order valence-corrected chi connectivity index (χ0v) is 12.0. The quantitative estimate of drug-likeness (QED) is 0.878. The van der Waals surface area contributed by atoms with Gasteiger partial charge in [-0.1, -0.05) is 0 Å². The second kappa shape index (κ2) is 3.61. The molecule has 3 fully saturated rings. The first-order valence-electron chi connectivity index (χ1n) is 7.03. The van der Waals surface area contributed by atoms with Gasteiger partial charge in [-0.25, -0.2) is 13.1 Å². The predicted molar refractivity (Wildman–Crippen MR) is 70.0 cm³/mol. The standard InChI is InChI=1S/C13H19N3O2S/c1-6-13(7(2)15-14-6)19(17,18)16-12-10-8-3-4-9(5-8)11(10)12/h8-12,16H,3-5H2,1-2H3,(H,14,15). The average molecular weight is 281 g/mol. The fraction of sp³-hybridized carbons (Fsp3) is 0.769. The number of H-pyrrole nitrogens is 1. The maximum absolute atomic E-state index is 12.5. The van der Waals surface area contributed by atoms with Crippen LogP contribution in [-0.4, -0.2) is 24.7 Å². The Balaban J connectivity index is 1.58. The van der Waals surface area contributed by atoms with Crippen molar-refractivity contribution >= 4 is 10.0 Å². The molecule has 2 bridgehead atoms. The van der Waals surface area contributed by atoms with Gasteiger partial charge in [-0.05, 0) is 56.8 Å². The van der Waals surface area contributed by atoms with E-state index in [0.717, 1.165) is 11.8 Å². The molecule has 0 spiro atoms. The second-order valence-electron chi connectivity index (χ2n) is 6.40. The van der Waals surface area contributed by atoms with Crippen LogP contribution in [0.2, 0.25) is 0 Å². The zero-order chi connectivity index (χ0) is 13.4. The van der Waals surface area contributed by atoms with Gasteiger partial charge in [0.25, 0.3) is 0 Å². The number of sulfonamides is 1. The summed E-state index contributed by atoms with van der Waals surface area (Å²) in [5.74, 6) is 2.77. The summed E-state index contributed by atoms with van der Waals surface area (Å²) in [5.41, 5.74) is 1.18. The van der Waals surface area contributed by atoms with Gasteiger partial charge >= 0.3 is 0 Å². The maximum atomic E-state index is 12.5. The van der Waals surface area contributed by atoms with Crippen LogP contribution in [0.15, 0.2) is 4.90 Å². The molecule has 2 N–H and O–H groups in total. The Kier molecular flexibility index (Phi) is 2.26. The minimum atomic E-state index is -3.42. The van der Waals surface area contributed by atoms with E-state index in [2.05, 4.69) is 14.9 Å². The summed E-state index contributed by atoms with van der Waals surface area (Å²) >= 11 is 0. The maximum Gasteiger partial charge on any atom is 0.244 e. The van der Waals surface area contributed by atoms with E-state index >= 15 is 0 Å². The predicted octanol–water partition coefficient (Wildman–Crippen LogP) is 1.35. The van der Waals surface area contributed by atoms with E-state index in [1.807, 2.05) is 0 Å². The molecule has 0 radical (unpaired) electrons. The smallest absolute Gasteiger partial charge is 0.244 e. The van der Waals surface area contributed by atoms with Crippen LogP contribution in [-0.2, 0) is 10.0 Å². The third kappa shape index (κ3) is 1.56. The molecule has 5 nitrogen and oxygen atoms in total. The highest BCUT2D eigenvalue weighted by Gasteiger charge is 2.65. The number of nitrogens with one attached hydrogen (secondary N) is 2. The van der Waals surface area contributed by atoms with Gasteiger partial charge in [-0.3, -0.25) is 5.10 Å². The molecule has 0 aromatic carbocycles. The molecule has 3 aliphatic carbocycles. The fourth-order valence-corrected chi connectivity index (χ4v) is 6.33. The number of nitrogens with zero attached hydrogens (tertiary/aromatic N) is 1. The lowest BCUT2D eigenvalue weighted by atomic mass is 10.0. The van der Waals surface area contributed by atoms with Gasteiger partial charge in [0.15, 0.2) is 0 Å². The number of aromatic nitrogens is 2. The summed E-state index contributed by atoms with van der Waals surface area (Å²) in [7, 11) is -3.42. The number of aromatic amines is 1. The molecular weight excluding hydrogens is 262 g/mol. The van der Waals surface area contributed by atoms with Crippen molar-refractivity contribution in [2.24, 2.45) is 23.7 Å². The summed E-state index contributed by atoms with van der Waals surface area (Å²) in [5, 5.41) is 6.73. The molecule has 1 aromatic heterocycles. The lowest BCUT2D eigenvalue weighted by Gasteiger charge is -2.11. The normalized spacial score (nSPS) is 39.6. The zero-order valence-electron chi connectivity index (χ0n) is 11.2. The Hall–Kier alpha value is -0.880. The summed E-state index contributed by atoms with van der Waals surface area (Å²) in [6.45, 7) is 3.49. The summed E-state index contributed by atoms with van der Waals surface area (Å²) in [4.78, 5) is 0.338. The van der Waals surface area contributed by atoms with Crippen molar-refractivity contribution in [3.63, 3.8) is 0 Å². The first-order chi connectivity index (χ1) is 8.99. The van der Waals surface area contributed by atoms with Gasteiger partial charge in [-0.2, -0.15) is 5.10 Å². The molecule has 19 heavy (non-hydrogen) atoms. The molecule has 104 valence electrons. The molecule has 3 aliphatic rings. The molecule has 6 heteroatoms. The van der Waals surface area contributed by atoms with Gasteiger partial charge in [0.05, 0.1) is 11.4 Å². The van der Waals surface area contributed by atoms with Gasteiger partial charge in [-0.15, -0.1) is 0 Å². The second-order valence-corrected chi connectivity index (χ2v) is 8.05.